The minimum absolute atomic E-state index is 0.351. The molecule has 0 saturated carbocycles. The zero-order valence-corrected chi connectivity index (χ0v) is 8.42. The van der Waals surface area contributed by atoms with Crippen molar-refractivity contribution in [3.63, 3.8) is 0 Å². The van der Waals surface area contributed by atoms with Crippen molar-refractivity contribution in [1.29, 1.82) is 0 Å². The second kappa shape index (κ2) is 5.63. The van der Waals surface area contributed by atoms with Crippen LogP contribution in [0.1, 0.15) is 33.1 Å². The van der Waals surface area contributed by atoms with E-state index in [0.29, 0.717) is 6.10 Å². The Balaban J connectivity index is 2.46. The van der Waals surface area contributed by atoms with Crippen LogP contribution in [0, 0.1) is 6.07 Å². The first kappa shape index (κ1) is 10.1. The molecule has 71 valence electrons. The van der Waals surface area contributed by atoms with Gasteiger partial charge in [-0.15, -0.1) is 0 Å². The third kappa shape index (κ3) is 3.49. The van der Waals surface area contributed by atoms with E-state index in [4.69, 9.17) is 4.74 Å². The van der Waals surface area contributed by atoms with E-state index in [2.05, 4.69) is 19.9 Å². The van der Waals surface area contributed by atoms with Crippen molar-refractivity contribution in [3.05, 3.63) is 30.3 Å². The summed E-state index contributed by atoms with van der Waals surface area (Å²) in [4.78, 5) is 0. The van der Waals surface area contributed by atoms with Crippen molar-refractivity contribution in [1.82, 2.24) is 0 Å². The fourth-order valence-electron chi connectivity index (χ4n) is 1.30. The second-order valence-electron chi connectivity index (χ2n) is 3.16. The third-order valence-electron chi connectivity index (χ3n) is 2.04. The third-order valence-corrected chi connectivity index (χ3v) is 2.04. The van der Waals surface area contributed by atoms with Gasteiger partial charge in [-0.1, -0.05) is 38.5 Å². The van der Waals surface area contributed by atoms with E-state index in [1.165, 1.54) is 6.42 Å². The normalized spacial score (nSPS) is 12.5. The van der Waals surface area contributed by atoms with Crippen LogP contribution in [0.25, 0.3) is 0 Å². The van der Waals surface area contributed by atoms with Crippen LogP contribution in [0.5, 0.6) is 5.75 Å². The van der Waals surface area contributed by atoms with Gasteiger partial charge < -0.3 is 4.74 Å². The van der Waals surface area contributed by atoms with Crippen LogP contribution in [0.3, 0.4) is 0 Å². The standard InChI is InChI=1S/C12H17O/c1-3-8-11(4-2)13-12-9-6-5-7-10-12/h5-7,9,11H,3-4,8H2,1-2H3. The van der Waals surface area contributed by atoms with Crippen molar-refractivity contribution in [2.75, 3.05) is 0 Å². The van der Waals surface area contributed by atoms with Crippen LogP contribution in [0.2, 0.25) is 0 Å². The van der Waals surface area contributed by atoms with Gasteiger partial charge in [-0.25, -0.2) is 0 Å². The predicted molar refractivity (Wildman–Crippen MR) is 54.9 cm³/mol. The lowest BCUT2D eigenvalue weighted by Gasteiger charge is -2.16. The van der Waals surface area contributed by atoms with Gasteiger partial charge >= 0.3 is 0 Å². The highest BCUT2D eigenvalue weighted by molar-refractivity contribution is 5.19. The van der Waals surface area contributed by atoms with Gasteiger partial charge in [0.1, 0.15) is 5.75 Å². The molecule has 1 aromatic carbocycles. The van der Waals surface area contributed by atoms with Gasteiger partial charge in [0.15, 0.2) is 0 Å². The Morgan fingerprint density at radius 3 is 2.77 bits per heavy atom. The molecule has 1 radical (unpaired) electrons. The van der Waals surface area contributed by atoms with Crippen molar-refractivity contribution < 1.29 is 4.74 Å². The molecule has 0 aliphatic heterocycles. The maximum absolute atomic E-state index is 5.75. The first-order valence-electron chi connectivity index (χ1n) is 5.00. The summed E-state index contributed by atoms with van der Waals surface area (Å²) in [7, 11) is 0. The molecule has 13 heavy (non-hydrogen) atoms. The largest absolute Gasteiger partial charge is 0.490 e. The van der Waals surface area contributed by atoms with Crippen LogP contribution in [-0.2, 0) is 0 Å². The topological polar surface area (TPSA) is 9.23 Å². The lowest BCUT2D eigenvalue weighted by Crippen LogP contribution is -2.14. The Labute approximate surface area is 80.7 Å². The molecular weight excluding hydrogens is 160 g/mol. The molecule has 0 amide bonds. The van der Waals surface area contributed by atoms with Crippen molar-refractivity contribution in [2.45, 2.75) is 39.2 Å². The zero-order valence-electron chi connectivity index (χ0n) is 8.42. The molecule has 0 spiro atoms. The Morgan fingerprint density at radius 2 is 2.23 bits per heavy atom. The summed E-state index contributed by atoms with van der Waals surface area (Å²) in [6, 6.07) is 10.8. The average Bonchev–Trinajstić information content (AvgIpc) is 2.19. The van der Waals surface area contributed by atoms with Gasteiger partial charge in [-0.3, -0.25) is 0 Å². The highest BCUT2D eigenvalue weighted by Crippen LogP contribution is 2.14. The maximum atomic E-state index is 5.75. The Hall–Kier alpha value is -0.980. The lowest BCUT2D eigenvalue weighted by molar-refractivity contribution is 0.185. The molecule has 1 unspecified atom stereocenters. The summed E-state index contributed by atoms with van der Waals surface area (Å²) >= 11 is 0. The molecule has 0 heterocycles. The van der Waals surface area contributed by atoms with E-state index >= 15 is 0 Å². The molecule has 0 aromatic heterocycles. The fraction of sp³-hybridized carbons (Fsp3) is 0.500. The number of ether oxygens (including phenoxy) is 1. The van der Waals surface area contributed by atoms with Gasteiger partial charge in [0.2, 0.25) is 0 Å². The van der Waals surface area contributed by atoms with E-state index in [0.717, 1.165) is 18.6 Å². The summed E-state index contributed by atoms with van der Waals surface area (Å²) in [5, 5.41) is 0. The predicted octanol–water partition coefficient (Wildman–Crippen LogP) is 3.44. The molecule has 0 N–H and O–H groups in total. The molecule has 1 heteroatoms. The Bertz CT molecular complexity index is 218. The fourth-order valence-corrected chi connectivity index (χ4v) is 1.30. The molecule has 0 fully saturated rings. The summed E-state index contributed by atoms with van der Waals surface area (Å²) < 4.78 is 5.75. The molecule has 0 aliphatic rings. The monoisotopic (exact) mass is 177 g/mol. The van der Waals surface area contributed by atoms with Crippen LogP contribution in [0.4, 0.5) is 0 Å². The SMILES string of the molecule is CCCC(CC)Oc1[c]cccc1. The molecule has 0 bridgehead atoms. The maximum Gasteiger partial charge on any atom is 0.127 e. The number of hydrogen-bond acceptors (Lipinski definition) is 1. The smallest absolute Gasteiger partial charge is 0.127 e. The summed E-state index contributed by atoms with van der Waals surface area (Å²) in [6.45, 7) is 4.34. The summed E-state index contributed by atoms with van der Waals surface area (Å²) in [5.74, 6) is 0.864. The van der Waals surface area contributed by atoms with Crippen LogP contribution in [0.15, 0.2) is 24.3 Å². The van der Waals surface area contributed by atoms with Gasteiger partial charge in [0.25, 0.3) is 0 Å². The van der Waals surface area contributed by atoms with Crippen molar-refractivity contribution in [3.8, 4) is 5.75 Å². The van der Waals surface area contributed by atoms with E-state index < -0.39 is 0 Å². The first-order valence-corrected chi connectivity index (χ1v) is 5.00. The van der Waals surface area contributed by atoms with E-state index in [-0.39, 0.29) is 0 Å². The van der Waals surface area contributed by atoms with E-state index in [1.54, 1.807) is 0 Å². The molecule has 1 aromatic rings. The van der Waals surface area contributed by atoms with E-state index in [9.17, 15) is 0 Å². The van der Waals surface area contributed by atoms with Crippen LogP contribution >= 0.6 is 0 Å². The van der Waals surface area contributed by atoms with Crippen LogP contribution in [-0.4, -0.2) is 6.10 Å². The summed E-state index contributed by atoms with van der Waals surface area (Å²) in [6.07, 6.45) is 3.71. The minimum Gasteiger partial charge on any atom is -0.490 e. The minimum atomic E-state index is 0.351. The lowest BCUT2D eigenvalue weighted by atomic mass is 10.1. The zero-order chi connectivity index (χ0) is 9.52. The van der Waals surface area contributed by atoms with Gasteiger partial charge in [-0.05, 0) is 18.9 Å². The van der Waals surface area contributed by atoms with Crippen LogP contribution < -0.4 is 4.74 Å². The van der Waals surface area contributed by atoms with Gasteiger partial charge in [0, 0.05) is 6.07 Å². The Morgan fingerprint density at radius 1 is 1.38 bits per heavy atom. The van der Waals surface area contributed by atoms with Gasteiger partial charge in [-0.2, -0.15) is 0 Å². The average molecular weight is 177 g/mol. The number of para-hydroxylation sites is 1. The molecular formula is C12H17O. The Kier molecular flexibility index (Phi) is 4.37. The first-order chi connectivity index (χ1) is 6.36. The molecule has 1 rings (SSSR count). The van der Waals surface area contributed by atoms with E-state index in [1.807, 2.05) is 24.3 Å². The van der Waals surface area contributed by atoms with Crippen molar-refractivity contribution in [2.24, 2.45) is 0 Å². The molecule has 1 nitrogen and oxygen atoms in total. The van der Waals surface area contributed by atoms with Crippen molar-refractivity contribution >= 4 is 0 Å². The molecule has 0 saturated heterocycles. The quantitative estimate of drug-likeness (QED) is 0.669. The molecule has 0 aliphatic carbocycles. The van der Waals surface area contributed by atoms with Gasteiger partial charge in [0.05, 0.1) is 6.10 Å². The summed E-state index contributed by atoms with van der Waals surface area (Å²) in [5.41, 5.74) is 0. The highest BCUT2D eigenvalue weighted by Gasteiger charge is 2.05. The highest BCUT2D eigenvalue weighted by atomic mass is 16.5. The molecule has 1 atom stereocenters. The number of benzene rings is 1. The second-order valence-corrected chi connectivity index (χ2v) is 3.16. The number of hydrogen-bond donors (Lipinski definition) is 0. The number of rotatable bonds is 5.